The van der Waals surface area contributed by atoms with E-state index in [1.807, 2.05) is 0 Å². The molecule has 0 radical (unpaired) electrons. The third-order valence-corrected chi connectivity index (χ3v) is 6.29. The molecule has 4 rings (SSSR count). The van der Waals surface area contributed by atoms with Gasteiger partial charge in [0.1, 0.15) is 11.6 Å². The van der Waals surface area contributed by atoms with Crippen LogP contribution in [0, 0.1) is 11.3 Å². The molecule has 0 spiro atoms. The number of aromatic amines is 1. The fourth-order valence-electron chi connectivity index (χ4n) is 3.67. The molecule has 1 fully saturated rings. The lowest BCUT2D eigenvalue weighted by Gasteiger charge is -2.34. The van der Waals surface area contributed by atoms with Crippen molar-refractivity contribution in [2.45, 2.75) is 18.9 Å². The van der Waals surface area contributed by atoms with Crippen LogP contribution in [0.15, 0.2) is 18.6 Å². The molecular formula is C19H23N9O2S. The number of aromatic nitrogens is 5. The molecule has 2 N–H and O–H groups in total. The summed E-state index contributed by atoms with van der Waals surface area (Å²) in [5, 5.41) is 12.6. The number of piperidine rings is 1. The Morgan fingerprint density at radius 2 is 2.03 bits per heavy atom. The predicted octanol–water partition coefficient (Wildman–Crippen LogP) is 0.871. The molecule has 0 bridgehead atoms. The van der Waals surface area contributed by atoms with E-state index in [-0.39, 0.29) is 11.9 Å². The molecule has 31 heavy (non-hydrogen) atoms. The van der Waals surface area contributed by atoms with Crippen molar-refractivity contribution in [1.29, 1.82) is 5.26 Å². The van der Waals surface area contributed by atoms with E-state index in [0.29, 0.717) is 46.9 Å². The van der Waals surface area contributed by atoms with Crippen molar-refractivity contribution in [3.8, 4) is 17.3 Å². The summed E-state index contributed by atoms with van der Waals surface area (Å²) in [7, 11) is -0.0806. The van der Waals surface area contributed by atoms with E-state index < -0.39 is 10.0 Å². The third kappa shape index (κ3) is 4.01. The molecule has 0 amide bonds. The van der Waals surface area contributed by atoms with E-state index in [4.69, 9.17) is 0 Å². The Morgan fingerprint density at radius 3 is 2.68 bits per heavy atom. The predicted molar refractivity (Wildman–Crippen MR) is 117 cm³/mol. The quantitative estimate of drug-likeness (QED) is 0.589. The molecule has 12 heteroatoms. The lowest BCUT2D eigenvalue weighted by atomic mass is 10.1. The van der Waals surface area contributed by atoms with E-state index in [2.05, 4.69) is 36.3 Å². The van der Waals surface area contributed by atoms with E-state index in [1.165, 1.54) is 23.0 Å². The number of anilines is 2. The summed E-state index contributed by atoms with van der Waals surface area (Å²) in [6.45, 7) is 1.37. The summed E-state index contributed by atoms with van der Waals surface area (Å²) in [4.78, 5) is 22.5. The van der Waals surface area contributed by atoms with Gasteiger partial charge in [0.25, 0.3) is 0 Å². The molecule has 1 saturated heterocycles. The summed E-state index contributed by atoms with van der Waals surface area (Å²) in [6, 6.07) is 1.79. The maximum atomic E-state index is 12.9. The molecule has 11 nitrogen and oxygen atoms in total. The fourth-order valence-corrected chi connectivity index (χ4v) is 4.84. The SMILES string of the molecule is CN(C)c1ncc(-c2cnc3[nH]cc(C#N)c3n2)c(N(C2CCCNC2)S(C)(=O)=O)n1. The number of rotatable bonds is 5. The molecule has 0 aliphatic carbocycles. The Labute approximate surface area is 180 Å². The Hall–Kier alpha value is -3.30. The highest BCUT2D eigenvalue weighted by Gasteiger charge is 2.32. The van der Waals surface area contributed by atoms with Crippen LogP contribution < -0.4 is 14.5 Å². The maximum absolute atomic E-state index is 12.9. The molecular weight excluding hydrogens is 418 g/mol. The Balaban J connectivity index is 1.94. The highest BCUT2D eigenvalue weighted by atomic mass is 32.2. The van der Waals surface area contributed by atoms with E-state index in [9.17, 15) is 13.7 Å². The number of fused-ring (bicyclic) bond motifs is 1. The molecule has 0 saturated carbocycles. The molecule has 1 aliphatic rings. The summed E-state index contributed by atoms with van der Waals surface area (Å²) in [5.41, 5.74) is 2.06. The normalized spacial score (nSPS) is 16.8. The number of hydrogen-bond acceptors (Lipinski definition) is 9. The van der Waals surface area contributed by atoms with E-state index in [0.717, 1.165) is 13.0 Å². The average Bonchev–Trinajstić information content (AvgIpc) is 3.16. The first kappa shape index (κ1) is 21.0. The molecule has 1 unspecified atom stereocenters. The molecule has 0 aromatic carbocycles. The van der Waals surface area contributed by atoms with Gasteiger partial charge in [0.2, 0.25) is 16.0 Å². The average molecular weight is 442 g/mol. The van der Waals surface area contributed by atoms with Crippen LogP contribution in [-0.4, -0.2) is 72.8 Å². The van der Waals surface area contributed by atoms with E-state index >= 15 is 0 Å². The largest absolute Gasteiger partial charge is 0.347 e. The van der Waals surface area contributed by atoms with E-state index in [1.54, 1.807) is 25.2 Å². The Kier molecular flexibility index (Phi) is 5.47. The van der Waals surface area contributed by atoms with Gasteiger partial charge in [-0.2, -0.15) is 10.2 Å². The van der Waals surface area contributed by atoms with Gasteiger partial charge < -0.3 is 15.2 Å². The second-order valence-corrected chi connectivity index (χ2v) is 9.49. The lowest BCUT2D eigenvalue weighted by molar-refractivity contribution is 0.454. The van der Waals surface area contributed by atoms with Gasteiger partial charge in [0.05, 0.1) is 35.3 Å². The Morgan fingerprint density at radius 1 is 1.23 bits per heavy atom. The number of nitrogens with zero attached hydrogens (tertiary/aromatic N) is 7. The zero-order valence-corrected chi connectivity index (χ0v) is 18.3. The van der Waals surface area contributed by atoms with Crippen LogP contribution in [0.25, 0.3) is 22.4 Å². The van der Waals surface area contributed by atoms with Gasteiger partial charge in [-0.05, 0) is 19.4 Å². The summed E-state index contributed by atoms with van der Waals surface area (Å²) in [5.74, 6) is 0.627. The first-order valence-electron chi connectivity index (χ1n) is 9.78. The number of H-pyrrole nitrogens is 1. The van der Waals surface area contributed by atoms with Crippen molar-refractivity contribution in [1.82, 2.24) is 30.2 Å². The van der Waals surface area contributed by atoms with Gasteiger partial charge >= 0.3 is 0 Å². The number of nitriles is 1. The van der Waals surface area contributed by atoms with Crippen molar-refractivity contribution in [3.63, 3.8) is 0 Å². The van der Waals surface area contributed by atoms with Gasteiger partial charge in [-0.25, -0.2) is 27.7 Å². The van der Waals surface area contributed by atoms with Crippen molar-refractivity contribution < 1.29 is 8.42 Å². The first-order chi connectivity index (χ1) is 14.8. The van der Waals surface area contributed by atoms with Crippen molar-refractivity contribution in [2.24, 2.45) is 0 Å². The van der Waals surface area contributed by atoms with Crippen molar-refractivity contribution in [2.75, 3.05) is 42.6 Å². The standard InChI is InChI=1S/C19H23N9O2S/c1-27(2)19-24-10-14(15-11-23-17-16(25-15)12(7-20)8-22-17)18(26-19)28(31(3,29)30)13-5-4-6-21-9-13/h8,10-11,13,21H,4-6,9H2,1-3H3,(H,22,23). The monoisotopic (exact) mass is 441 g/mol. The maximum Gasteiger partial charge on any atom is 0.233 e. The highest BCUT2D eigenvalue weighted by Crippen LogP contribution is 2.33. The molecule has 1 aliphatic heterocycles. The summed E-state index contributed by atoms with van der Waals surface area (Å²) >= 11 is 0. The van der Waals surface area contributed by atoms with Crippen LogP contribution in [0.3, 0.4) is 0 Å². The van der Waals surface area contributed by atoms with Crippen LogP contribution in [0.4, 0.5) is 11.8 Å². The molecule has 3 aromatic rings. The summed E-state index contributed by atoms with van der Waals surface area (Å²) in [6.07, 6.45) is 7.37. The minimum absolute atomic E-state index is 0.248. The highest BCUT2D eigenvalue weighted by molar-refractivity contribution is 7.92. The van der Waals surface area contributed by atoms with Crippen LogP contribution in [-0.2, 0) is 10.0 Å². The topological polar surface area (TPSA) is 144 Å². The zero-order chi connectivity index (χ0) is 22.2. The van der Waals surface area contributed by atoms with Gasteiger partial charge in [0.15, 0.2) is 11.5 Å². The van der Waals surface area contributed by atoms with Crippen molar-refractivity contribution >= 4 is 33.0 Å². The number of nitrogens with one attached hydrogen (secondary N) is 2. The fraction of sp³-hybridized carbons (Fsp3) is 0.421. The van der Waals surface area contributed by atoms with Gasteiger partial charge in [-0.3, -0.25) is 0 Å². The Bertz CT molecular complexity index is 1260. The minimum Gasteiger partial charge on any atom is -0.347 e. The second kappa shape index (κ2) is 8.09. The van der Waals surface area contributed by atoms with Crippen LogP contribution in [0.1, 0.15) is 18.4 Å². The number of sulfonamides is 1. The van der Waals surface area contributed by atoms with Crippen molar-refractivity contribution in [3.05, 3.63) is 24.2 Å². The summed E-state index contributed by atoms with van der Waals surface area (Å²) < 4.78 is 27.2. The second-order valence-electron chi connectivity index (χ2n) is 7.63. The smallest absolute Gasteiger partial charge is 0.233 e. The van der Waals surface area contributed by atoms with Crippen LogP contribution in [0.5, 0.6) is 0 Å². The molecule has 4 heterocycles. The van der Waals surface area contributed by atoms with Gasteiger partial charge in [0, 0.05) is 33.0 Å². The molecule has 1 atom stereocenters. The molecule has 162 valence electrons. The third-order valence-electron chi connectivity index (χ3n) is 5.10. The number of hydrogen-bond donors (Lipinski definition) is 2. The van der Waals surface area contributed by atoms with Crippen LogP contribution in [0.2, 0.25) is 0 Å². The zero-order valence-electron chi connectivity index (χ0n) is 17.5. The molecule has 3 aromatic heterocycles. The first-order valence-corrected chi connectivity index (χ1v) is 11.6. The van der Waals surface area contributed by atoms with Gasteiger partial charge in [-0.1, -0.05) is 0 Å². The minimum atomic E-state index is -3.66. The lowest BCUT2D eigenvalue weighted by Crippen LogP contribution is -2.49. The van der Waals surface area contributed by atoms with Crippen LogP contribution >= 0.6 is 0 Å². The van der Waals surface area contributed by atoms with Gasteiger partial charge in [-0.15, -0.1) is 0 Å².